The van der Waals surface area contributed by atoms with E-state index < -0.39 is 59.8 Å². The van der Waals surface area contributed by atoms with Crippen molar-refractivity contribution in [1.29, 1.82) is 0 Å². The number of ether oxygens (including phenoxy) is 4. The second-order valence-electron chi connectivity index (χ2n) is 17.3. The van der Waals surface area contributed by atoms with Crippen LogP contribution in [0, 0.1) is 0 Å². The Bertz CT molecular complexity index is 1550. The average Bonchev–Trinajstić information content (AvgIpc) is 3.31. The highest BCUT2D eigenvalue weighted by Gasteiger charge is 2.48. The van der Waals surface area contributed by atoms with Crippen LogP contribution in [-0.2, 0) is 38.3 Å². The molecule has 68 heavy (non-hydrogen) atoms. The highest BCUT2D eigenvalue weighted by Crippen LogP contribution is 2.26. The number of hydrogen-bond acceptors (Lipinski definition) is 11. The zero-order valence-electron chi connectivity index (χ0n) is 41.9. The van der Waals surface area contributed by atoms with Crippen LogP contribution in [0.4, 0.5) is 0 Å². The highest BCUT2D eigenvalue weighted by molar-refractivity contribution is 7.80. The summed E-state index contributed by atoms with van der Waals surface area (Å²) < 4.78 is 59.2. The fourth-order valence-corrected chi connectivity index (χ4v) is 7.87. The molecule has 12 nitrogen and oxygen atoms in total. The normalized spacial score (nSPS) is 20.1. The Labute approximate surface area is 412 Å². The molecular weight excluding hydrogens is 885 g/mol. The summed E-state index contributed by atoms with van der Waals surface area (Å²) in [6.45, 7) is 3.70. The lowest BCUT2D eigenvalue weighted by Crippen LogP contribution is -2.60. The lowest BCUT2D eigenvalue weighted by Gasteiger charge is -2.41. The smallest absolute Gasteiger partial charge is 0.397 e. The summed E-state index contributed by atoms with van der Waals surface area (Å²) in [7, 11) is -5.08. The van der Waals surface area contributed by atoms with Crippen molar-refractivity contribution in [2.75, 3.05) is 26.4 Å². The molecule has 0 aliphatic carbocycles. The number of rotatable bonds is 44. The molecule has 390 valence electrons. The van der Waals surface area contributed by atoms with E-state index in [0.717, 1.165) is 83.5 Å². The van der Waals surface area contributed by atoms with Gasteiger partial charge in [-0.2, -0.15) is 8.42 Å². The average molecular weight is 977 g/mol. The van der Waals surface area contributed by atoms with Gasteiger partial charge in [-0.3, -0.25) is 9.35 Å². The summed E-state index contributed by atoms with van der Waals surface area (Å²) in [6.07, 6.45) is 53.1. The highest BCUT2D eigenvalue weighted by atomic mass is 32.3. The van der Waals surface area contributed by atoms with E-state index in [2.05, 4.69) is 115 Å². The van der Waals surface area contributed by atoms with Crippen molar-refractivity contribution in [2.24, 2.45) is 0 Å². The monoisotopic (exact) mass is 977 g/mol. The first-order valence-electron chi connectivity index (χ1n) is 26.0. The van der Waals surface area contributed by atoms with E-state index in [4.69, 9.17) is 18.9 Å². The third kappa shape index (κ3) is 37.9. The van der Waals surface area contributed by atoms with Crippen LogP contribution >= 0.6 is 0 Å². The Morgan fingerprint density at radius 2 is 0.971 bits per heavy atom. The second kappa shape index (κ2) is 45.2. The van der Waals surface area contributed by atoms with Crippen molar-refractivity contribution in [3.8, 4) is 0 Å². The third-order valence-corrected chi connectivity index (χ3v) is 11.7. The second-order valence-corrected chi connectivity index (χ2v) is 18.4. The summed E-state index contributed by atoms with van der Waals surface area (Å²) in [5.74, 6) is -0.442. The molecular formula is C55H92O12S. The van der Waals surface area contributed by atoms with Crippen molar-refractivity contribution < 1.29 is 56.2 Å². The summed E-state index contributed by atoms with van der Waals surface area (Å²) in [5.41, 5.74) is 0. The van der Waals surface area contributed by atoms with Gasteiger partial charge in [0.1, 0.15) is 30.5 Å². The van der Waals surface area contributed by atoms with Gasteiger partial charge < -0.3 is 34.3 Å². The quantitative estimate of drug-likeness (QED) is 0.0197. The number of carbonyl (C=O) groups excluding carboxylic acids is 1. The molecule has 6 unspecified atom stereocenters. The first-order chi connectivity index (χ1) is 33.1. The van der Waals surface area contributed by atoms with Gasteiger partial charge in [0.05, 0.1) is 19.8 Å². The Kier molecular flexibility index (Phi) is 41.9. The zero-order valence-corrected chi connectivity index (χ0v) is 42.7. The fraction of sp³-hybridized carbons (Fsp3) is 0.691. The van der Waals surface area contributed by atoms with E-state index >= 15 is 0 Å². The number of unbranched alkanes of at least 4 members (excludes halogenated alkanes) is 15. The van der Waals surface area contributed by atoms with E-state index in [1.54, 1.807) is 0 Å². The minimum Gasteiger partial charge on any atom is -0.457 e. The minimum atomic E-state index is -5.08. The Morgan fingerprint density at radius 1 is 0.559 bits per heavy atom. The predicted octanol–water partition coefficient (Wildman–Crippen LogP) is 12.2. The maximum absolute atomic E-state index is 12.9. The van der Waals surface area contributed by atoms with E-state index in [1.165, 1.54) is 70.6 Å². The molecule has 0 aromatic carbocycles. The number of aliphatic hydroxyl groups is 3. The third-order valence-electron chi connectivity index (χ3n) is 11.2. The first kappa shape index (κ1) is 63.0. The van der Waals surface area contributed by atoms with Gasteiger partial charge in [-0.15, -0.1) is 0 Å². The van der Waals surface area contributed by atoms with Gasteiger partial charge in [-0.1, -0.05) is 182 Å². The van der Waals surface area contributed by atoms with Gasteiger partial charge in [0.25, 0.3) is 0 Å². The maximum Gasteiger partial charge on any atom is 0.397 e. The summed E-state index contributed by atoms with van der Waals surface area (Å²) in [5, 5.41) is 30.7. The number of aliphatic hydroxyl groups excluding tert-OH is 3. The van der Waals surface area contributed by atoms with Crippen LogP contribution in [0.5, 0.6) is 0 Å². The molecule has 1 aliphatic heterocycles. The molecule has 1 saturated heterocycles. The summed E-state index contributed by atoms with van der Waals surface area (Å²) in [4.78, 5) is 12.9. The molecule has 1 heterocycles. The van der Waals surface area contributed by atoms with Crippen LogP contribution in [0.3, 0.4) is 0 Å². The van der Waals surface area contributed by atoms with E-state index in [-0.39, 0.29) is 19.6 Å². The van der Waals surface area contributed by atoms with Crippen LogP contribution in [0.25, 0.3) is 0 Å². The van der Waals surface area contributed by atoms with E-state index in [0.29, 0.717) is 13.0 Å². The molecule has 0 saturated carbocycles. The molecule has 1 aliphatic rings. The number of esters is 1. The molecule has 0 spiro atoms. The topological polar surface area (TPSA) is 178 Å². The summed E-state index contributed by atoms with van der Waals surface area (Å²) in [6, 6.07) is 0. The van der Waals surface area contributed by atoms with E-state index in [9.17, 15) is 33.1 Å². The molecule has 1 fully saturated rings. The van der Waals surface area contributed by atoms with Crippen LogP contribution in [0.2, 0.25) is 0 Å². The maximum atomic E-state index is 12.9. The van der Waals surface area contributed by atoms with Crippen molar-refractivity contribution in [1.82, 2.24) is 0 Å². The lowest BCUT2D eigenvalue weighted by atomic mass is 9.99. The molecule has 0 aromatic heterocycles. The molecule has 0 amide bonds. The van der Waals surface area contributed by atoms with Crippen molar-refractivity contribution in [3.05, 3.63) is 97.2 Å². The van der Waals surface area contributed by atoms with Crippen LogP contribution in [-0.4, -0.2) is 97.5 Å². The van der Waals surface area contributed by atoms with Gasteiger partial charge in [-0.05, 0) is 89.9 Å². The first-order valence-corrected chi connectivity index (χ1v) is 27.4. The molecule has 0 bridgehead atoms. The van der Waals surface area contributed by atoms with Gasteiger partial charge in [0, 0.05) is 13.0 Å². The van der Waals surface area contributed by atoms with Crippen LogP contribution < -0.4 is 0 Å². The number of allylic oxidation sites excluding steroid dienone is 16. The largest absolute Gasteiger partial charge is 0.457 e. The Balaban J connectivity index is 2.33. The molecule has 4 N–H and O–H groups in total. The fourth-order valence-electron chi connectivity index (χ4n) is 7.36. The number of carbonyl (C=O) groups is 1. The zero-order chi connectivity index (χ0) is 49.6. The van der Waals surface area contributed by atoms with E-state index in [1.807, 2.05) is 0 Å². The predicted molar refractivity (Wildman–Crippen MR) is 275 cm³/mol. The molecule has 0 aromatic rings. The SMILES string of the molecule is CC/C=C\C/C=C\C/C=C\C/C=C\CCCCCCCCCCCCCCCOCC(COC1OC(CO)C(O)C(OS(=O)(=O)O)C1O)OC(=O)CCCC/C=C\C/C=C\C/C=C\C/C=C\CC. The minimum absolute atomic E-state index is 0.0127. The van der Waals surface area contributed by atoms with Crippen LogP contribution in [0.1, 0.15) is 181 Å². The number of hydrogen-bond donors (Lipinski definition) is 4. The van der Waals surface area contributed by atoms with Crippen molar-refractivity contribution >= 4 is 16.4 Å². The standard InChI is InChI=1S/C55H92O12S/c1-3-5-7-9-11-13-15-17-19-20-21-22-23-24-25-26-27-28-29-31-33-35-37-39-41-43-45-63-47-49(48-64-55-53(59)54(67-68(60,61)62)52(58)50(46-56)66-55)65-51(57)44-42-40-38-36-34-32-30-18-16-14-12-10-8-6-4-2/h5-8,11-14,17-19,21-22,30,34,36,49-50,52-56,58-59H,3-4,9-10,15-16,20,23-29,31-33,35,37-48H2,1-2H3,(H,60,61,62)/b7-5-,8-6-,13-11-,14-12-,19-17-,22-21-,30-18-,36-34-. The van der Waals surface area contributed by atoms with Gasteiger partial charge in [0.15, 0.2) is 6.29 Å². The van der Waals surface area contributed by atoms with Crippen molar-refractivity contribution in [2.45, 2.75) is 218 Å². The summed E-state index contributed by atoms with van der Waals surface area (Å²) >= 11 is 0. The molecule has 1 rings (SSSR count). The van der Waals surface area contributed by atoms with Crippen LogP contribution in [0.15, 0.2) is 97.2 Å². The molecule has 13 heteroatoms. The van der Waals surface area contributed by atoms with Crippen molar-refractivity contribution in [3.63, 3.8) is 0 Å². The molecule has 6 atom stereocenters. The lowest BCUT2D eigenvalue weighted by molar-refractivity contribution is -0.301. The Hall–Kier alpha value is -2.98. The molecule has 0 radical (unpaired) electrons. The van der Waals surface area contributed by atoms with Gasteiger partial charge in [0.2, 0.25) is 0 Å². The Morgan fingerprint density at radius 3 is 1.41 bits per heavy atom. The van der Waals surface area contributed by atoms with Gasteiger partial charge >= 0.3 is 16.4 Å². The van der Waals surface area contributed by atoms with Gasteiger partial charge in [-0.25, -0.2) is 4.18 Å².